The van der Waals surface area contributed by atoms with Crippen LogP contribution in [0.5, 0.6) is 0 Å². The Kier molecular flexibility index (Phi) is 69.4. The van der Waals surface area contributed by atoms with Gasteiger partial charge in [0.15, 0.2) is 0 Å². The summed E-state index contributed by atoms with van der Waals surface area (Å²) in [6.45, 7) is 4.98. The van der Waals surface area contributed by atoms with Crippen molar-refractivity contribution in [1.82, 2.24) is 5.32 Å². The molecule has 0 aliphatic rings. The van der Waals surface area contributed by atoms with Gasteiger partial charge < -0.3 is 20.3 Å². The Labute approximate surface area is 507 Å². The number of amides is 1. The normalized spacial score (nSPS) is 12.6. The molecule has 480 valence electrons. The zero-order valence-electron chi connectivity index (χ0n) is 55.0. The van der Waals surface area contributed by atoms with Crippen LogP contribution in [0.1, 0.15) is 418 Å². The highest BCUT2D eigenvalue weighted by Gasteiger charge is 2.20. The standard InChI is InChI=1S/C75H145NO5/c1-3-5-7-9-11-13-15-17-18-19-38-41-45-49-53-57-61-65-69-75(80)81-70-66-62-58-54-50-46-42-39-36-34-32-30-28-26-24-22-20-21-23-25-27-29-31-33-35-37-40-44-48-52-56-60-64-68-74(79)76-72(71-77)73(78)67-63-59-55-51-47-43-16-14-12-10-8-6-4-2/h18-19,24,26,72-73,77-78H,3-17,20-23,25,27-71H2,1-2H3,(H,76,79)/b19-18-,26-24-. The number of aliphatic hydroxyl groups excluding tert-OH is 2. The number of nitrogens with one attached hydrogen (secondary N) is 1. The van der Waals surface area contributed by atoms with Gasteiger partial charge in [-0.2, -0.15) is 0 Å². The maximum absolute atomic E-state index is 12.5. The fraction of sp³-hybridized carbons (Fsp3) is 0.920. The third-order valence-electron chi connectivity index (χ3n) is 17.5. The third-order valence-corrected chi connectivity index (χ3v) is 17.5. The van der Waals surface area contributed by atoms with Crippen LogP contribution in [0, 0.1) is 0 Å². The van der Waals surface area contributed by atoms with Crippen LogP contribution in [0.3, 0.4) is 0 Å². The van der Waals surface area contributed by atoms with E-state index < -0.39 is 12.1 Å². The Morgan fingerprint density at radius 3 is 0.877 bits per heavy atom. The summed E-state index contributed by atoms with van der Waals surface area (Å²) in [5.74, 6) is -0.0131. The largest absolute Gasteiger partial charge is 0.466 e. The third kappa shape index (κ3) is 67.3. The lowest BCUT2D eigenvalue weighted by atomic mass is 10.0. The second kappa shape index (κ2) is 70.8. The Morgan fingerprint density at radius 1 is 0.333 bits per heavy atom. The predicted octanol–water partition coefficient (Wildman–Crippen LogP) is 24.1. The fourth-order valence-corrected chi connectivity index (χ4v) is 11.8. The monoisotopic (exact) mass is 1140 g/mol. The van der Waals surface area contributed by atoms with Crippen molar-refractivity contribution in [3.8, 4) is 0 Å². The topological polar surface area (TPSA) is 95.9 Å². The number of hydrogen-bond donors (Lipinski definition) is 3. The minimum Gasteiger partial charge on any atom is -0.466 e. The second-order valence-electron chi connectivity index (χ2n) is 25.6. The molecule has 0 aliphatic heterocycles. The summed E-state index contributed by atoms with van der Waals surface area (Å²) >= 11 is 0. The Bertz CT molecular complexity index is 1270. The second-order valence-corrected chi connectivity index (χ2v) is 25.6. The van der Waals surface area contributed by atoms with Crippen LogP contribution in [0.25, 0.3) is 0 Å². The molecule has 0 saturated heterocycles. The van der Waals surface area contributed by atoms with Crippen molar-refractivity contribution in [1.29, 1.82) is 0 Å². The fourth-order valence-electron chi connectivity index (χ4n) is 11.8. The van der Waals surface area contributed by atoms with Crippen molar-refractivity contribution >= 4 is 11.9 Å². The number of hydrogen-bond acceptors (Lipinski definition) is 5. The molecule has 6 nitrogen and oxygen atoms in total. The van der Waals surface area contributed by atoms with Crippen LogP contribution in [-0.2, 0) is 14.3 Å². The molecule has 2 atom stereocenters. The van der Waals surface area contributed by atoms with E-state index in [9.17, 15) is 19.8 Å². The summed E-state index contributed by atoms with van der Waals surface area (Å²) < 4.78 is 5.51. The number of carbonyl (C=O) groups excluding carboxylic acids is 2. The van der Waals surface area contributed by atoms with Gasteiger partial charge in [0.2, 0.25) is 5.91 Å². The van der Waals surface area contributed by atoms with Crippen LogP contribution in [0.4, 0.5) is 0 Å². The summed E-state index contributed by atoms with van der Waals surface area (Å²) in [6, 6.07) is -0.538. The first-order chi connectivity index (χ1) is 40.0. The zero-order valence-corrected chi connectivity index (χ0v) is 55.0. The summed E-state index contributed by atoms with van der Waals surface area (Å²) in [4.78, 5) is 24.6. The molecule has 1 amide bonds. The smallest absolute Gasteiger partial charge is 0.305 e. The molecule has 0 aromatic carbocycles. The highest BCUT2D eigenvalue weighted by Crippen LogP contribution is 2.19. The average Bonchev–Trinajstić information content (AvgIpc) is 3.47. The molecule has 0 rings (SSSR count). The van der Waals surface area contributed by atoms with Crippen LogP contribution < -0.4 is 5.32 Å². The Balaban J connectivity index is 3.32. The summed E-state index contributed by atoms with van der Waals surface area (Å²) in [5, 5.41) is 23.3. The predicted molar refractivity (Wildman–Crippen MR) is 356 cm³/mol. The van der Waals surface area contributed by atoms with Crippen molar-refractivity contribution in [3.05, 3.63) is 24.3 Å². The number of allylic oxidation sites excluding steroid dienone is 4. The molecule has 0 spiro atoms. The maximum atomic E-state index is 12.5. The van der Waals surface area contributed by atoms with E-state index in [1.165, 1.54) is 340 Å². The van der Waals surface area contributed by atoms with Crippen LogP contribution in [0.2, 0.25) is 0 Å². The van der Waals surface area contributed by atoms with E-state index in [-0.39, 0.29) is 18.5 Å². The number of carbonyl (C=O) groups is 2. The molecule has 0 aliphatic carbocycles. The van der Waals surface area contributed by atoms with Crippen molar-refractivity contribution < 1.29 is 24.5 Å². The van der Waals surface area contributed by atoms with Gasteiger partial charge in [0.05, 0.1) is 25.4 Å². The average molecular weight is 1140 g/mol. The van der Waals surface area contributed by atoms with Gasteiger partial charge >= 0.3 is 5.97 Å². The first-order valence-corrected chi connectivity index (χ1v) is 37.1. The van der Waals surface area contributed by atoms with Crippen molar-refractivity contribution in [2.75, 3.05) is 13.2 Å². The number of rotatable bonds is 70. The first kappa shape index (κ1) is 79.3. The lowest BCUT2D eigenvalue weighted by Crippen LogP contribution is -2.45. The summed E-state index contributed by atoms with van der Waals surface area (Å²) in [6.07, 6.45) is 89.7. The van der Waals surface area contributed by atoms with Gasteiger partial charge in [-0.25, -0.2) is 0 Å². The molecule has 0 heterocycles. The molecule has 0 radical (unpaired) electrons. The van der Waals surface area contributed by atoms with Crippen LogP contribution in [0.15, 0.2) is 24.3 Å². The van der Waals surface area contributed by atoms with Crippen LogP contribution in [-0.4, -0.2) is 47.4 Å². The van der Waals surface area contributed by atoms with E-state index in [4.69, 9.17) is 4.74 Å². The number of unbranched alkanes of at least 4 members (excludes halogenated alkanes) is 55. The SMILES string of the molecule is CCCCCCCCC/C=C\CCCCCCCCCC(=O)OCCCCCCCCCCCCCC/C=C\CCCCCCCCCCCCCCCCCCCC(=O)NC(CO)C(O)CCCCCCCCCCCCCCC. The molecule has 0 aromatic heterocycles. The van der Waals surface area contributed by atoms with E-state index in [1.807, 2.05) is 0 Å². The molecular weight excluding hydrogens is 995 g/mol. The maximum Gasteiger partial charge on any atom is 0.305 e. The van der Waals surface area contributed by atoms with Crippen molar-refractivity contribution in [2.24, 2.45) is 0 Å². The van der Waals surface area contributed by atoms with Gasteiger partial charge in [-0.05, 0) is 77.0 Å². The number of aliphatic hydroxyl groups is 2. The zero-order chi connectivity index (χ0) is 58.5. The highest BCUT2D eigenvalue weighted by molar-refractivity contribution is 5.76. The number of ether oxygens (including phenoxy) is 1. The quantitative estimate of drug-likeness (QED) is 0.0320. The highest BCUT2D eigenvalue weighted by atomic mass is 16.5. The molecule has 6 heteroatoms. The molecule has 2 unspecified atom stereocenters. The lowest BCUT2D eigenvalue weighted by molar-refractivity contribution is -0.143. The molecule has 81 heavy (non-hydrogen) atoms. The molecule has 0 aromatic rings. The Hall–Kier alpha value is -1.66. The van der Waals surface area contributed by atoms with E-state index >= 15 is 0 Å². The van der Waals surface area contributed by atoms with E-state index in [0.29, 0.717) is 25.9 Å². The molecule has 0 bridgehead atoms. The first-order valence-electron chi connectivity index (χ1n) is 37.1. The molecule has 0 fully saturated rings. The molecular formula is C75H145NO5. The van der Waals surface area contributed by atoms with Crippen molar-refractivity contribution in [2.45, 2.75) is 431 Å². The minimum atomic E-state index is -0.661. The lowest BCUT2D eigenvalue weighted by Gasteiger charge is -2.22. The number of esters is 1. The van der Waals surface area contributed by atoms with Gasteiger partial charge in [-0.15, -0.1) is 0 Å². The van der Waals surface area contributed by atoms with E-state index in [2.05, 4.69) is 43.5 Å². The Morgan fingerprint density at radius 2 is 0.580 bits per heavy atom. The summed E-state index contributed by atoms with van der Waals surface area (Å²) in [7, 11) is 0. The van der Waals surface area contributed by atoms with Crippen LogP contribution >= 0.6 is 0 Å². The summed E-state index contributed by atoms with van der Waals surface area (Å²) in [5.41, 5.74) is 0. The van der Waals surface area contributed by atoms with Gasteiger partial charge in [-0.3, -0.25) is 9.59 Å². The van der Waals surface area contributed by atoms with Gasteiger partial charge in [0, 0.05) is 12.8 Å². The van der Waals surface area contributed by atoms with Gasteiger partial charge in [0.25, 0.3) is 0 Å². The minimum absolute atomic E-state index is 0.0166. The molecule has 3 N–H and O–H groups in total. The van der Waals surface area contributed by atoms with E-state index in [0.717, 1.165) is 44.9 Å². The van der Waals surface area contributed by atoms with Gasteiger partial charge in [-0.1, -0.05) is 353 Å². The van der Waals surface area contributed by atoms with E-state index in [1.54, 1.807) is 0 Å². The van der Waals surface area contributed by atoms with Gasteiger partial charge in [0.1, 0.15) is 0 Å². The molecule has 0 saturated carbocycles. The van der Waals surface area contributed by atoms with Crippen molar-refractivity contribution in [3.63, 3.8) is 0 Å².